The molecule has 1 aromatic heterocycles. The van der Waals surface area contributed by atoms with Gasteiger partial charge in [-0.1, -0.05) is 42.0 Å². The van der Waals surface area contributed by atoms with Crippen LogP contribution in [0.2, 0.25) is 0 Å². The summed E-state index contributed by atoms with van der Waals surface area (Å²) in [5, 5.41) is 0.538. The Labute approximate surface area is 146 Å². The zero-order valence-electron chi connectivity index (χ0n) is 14.7. The molecule has 3 rings (SSSR count). The fraction of sp³-hybridized carbons (Fsp3) is 0.250. The fourth-order valence-corrected chi connectivity index (χ4v) is 2.77. The lowest BCUT2D eigenvalue weighted by Crippen LogP contribution is -2.33. The molecule has 0 atom stereocenters. The first-order chi connectivity index (χ1) is 12.0. The summed E-state index contributed by atoms with van der Waals surface area (Å²) in [5.41, 5.74) is 3.68. The highest BCUT2D eigenvalue weighted by molar-refractivity contribution is 5.81. The van der Waals surface area contributed by atoms with Crippen molar-refractivity contribution in [3.8, 4) is 0 Å². The number of nitrogens with zero attached hydrogens (tertiary/aromatic N) is 3. The van der Waals surface area contributed by atoms with E-state index < -0.39 is 0 Å². The van der Waals surface area contributed by atoms with Crippen LogP contribution in [0.3, 0.4) is 0 Å². The molecule has 0 N–H and O–H groups in total. The molecule has 0 bridgehead atoms. The second kappa shape index (κ2) is 6.89. The number of aryl methyl sites for hydroxylation is 2. The number of hydrogen-bond donors (Lipinski definition) is 0. The summed E-state index contributed by atoms with van der Waals surface area (Å²) in [4.78, 5) is 31.0. The number of likely N-dealkylation sites (N-methyl/N-ethyl adjacent to an activating group) is 1. The van der Waals surface area contributed by atoms with Crippen LogP contribution in [0.5, 0.6) is 0 Å². The van der Waals surface area contributed by atoms with E-state index in [0.717, 1.165) is 11.1 Å². The van der Waals surface area contributed by atoms with E-state index in [4.69, 9.17) is 0 Å². The third kappa shape index (κ3) is 3.60. The third-order valence-electron chi connectivity index (χ3n) is 4.33. The van der Waals surface area contributed by atoms with Gasteiger partial charge in [0.1, 0.15) is 6.54 Å². The van der Waals surface area contributed by atoms with Crippen LogP contribution in [-0.4, -0.2) is 27.4 Å². The van der Waals surface area contributed by atoms with Crippen molar-refractivity contribution in [2.24, 2.45) is 0 Å². The van der Waals surface area contributed by atoms with Gasteiger partial charge in [-0.2, -0.15) is 0 Å². The lowest BCUT2D eigenvalue weighted by Gasteiger charge is -2.18. The zero-order valence-corrected chi connectivity index (χ0v) is 14.7. The summed E-state index contributed by atoms with van der Waals surface area (Å²) in [7, 11) is 1.74. The maximum atomic E-state index is 12.6. The van der Waals surface area contributed by atoms with Crippen LogP contribution in [0.1, 0.15) is 16.7 Å². The number of benzene rings is 2. The standard InChI is InChI=1S/C20H21N3O2/c1-14-7-9-16(10-8-14)11-22(3)18(24)12-23-13-21-19-15(2)5-4-6-17(19)20(23)25/h4-10,13H,11-12H2,1-3H3. The average Bonchev–Trinajstić information content (AvgIpc) is 2.60. The van der Waals surface area contributed by atoms with Crippen molar-refractivity contribution in [3.63, 3.8) is 0 Å². The zero-order chi connectivity index (χ0) is 18.0. The van der Waals surface area contributed by atoms with Gasteiger partial charge in [-0.15, -0.1) is 0 Å². The van der Waals surface area contributed by atoms with Crippen molar-refractivity contribution in [2.75, 3.05) is 7.05 Å². The molecule has 0 fully saturated rings. The first kappa shape index (κ1) is 16.9. The third-order valence-corrected chi connectivity index (χ3v) is 4.33. The molecule has 0 aliphatic carbocycles. The number of carbonyl (C=O) groups is 1. The van der Waals surface area contributed by atoms with Crippen molar-refractivity contribution >= 4 is 16.8 Å². The van der Waals surface area contributed by atoms with Crippen LogP contribution < -0.4 is 5.56 Å². The van der Waals surface area contributed by atoms with Crippen LogP contribution in [-0.2, 0) is 17.9 Å². The Morgan fingerprint density at radius 1 is 1.12 bits per heavy atom. The lowest BCUT2D eigenvalue weighted by atomic mass is 10.1. The molecule has 0 spiro atoms. The Bertz CT molecular complexity index is 974. The summed E-state index contributed by atoms with van der Waals surface area (Å²) in [6, 6.07) is 13.5. The van der Waals surface area contributed by atoms with Gasteiger partial charge in [-0.25, -0.2) is 4.98 Å². The highest BCUT2D eigenvalue weighted by atomic mass is 16.2. The second-order valence-corrected chi connectivity index (χ2v) is 6.38. The van der Waals surface area contributed by atoms with E-state index in [1.54, 1.807) is 18.0 Å². The van der Waals surface area contributed by atoms with E-state index in [0.29, 0.717) is 17.4 Å². The number of para-hydroxylation sites is 1. The van der Waals surface area contributed by atoms with Crippen LogP contribution in [0.25, 0.3) is 10.9 Å². The monoisotopic (exact) mass is 335 g/mol. The number of amides is 1. The number of carbonyl (C=O) groups excluding carboxylic acids is 1. The minimum absolute atomic E-state index is 0.0158. The van der Waals surface area contributed by atoms with Crippen LogP contribution >= 0.6 is 0 Å². The maximum absolute atomic E-state index is 12.6. The van der Waals surface area contributed by atoms with Gasteiger partial charge in [0.15, 0.2) is 0 Å². The normalized spacial score (nSPS) is 10.8. The molecular formula is C20H21N3O2. The van der Waals surface area contributed by atoms with Gasteiger partial charge in [-0.05, 0) is 31.0 Å². The van der Waals surface area contributed by atoms with Crippen molar-refractivity contribution in [1.29, 1.82) is 0 Å². The van der Waals surface area contributed by atoms with Crippen molar-refractivity contribution in [1.82, 2.24) is 14.5 Å². The second-order valence-electron chi connectivity index (χ2n) is 6.38. The molecule has 0 aliphatic heterocycles. The van der Waals surface area contributed by atoms with Gasteiger partial charge >= 0.3 is 0 Å². The largest absolute Gasteiger partial charge is 0.340 e. The van der Waals surface area contributed by atoms with Gasteiger partial charge < -0.3 is 4.90 Å². The smallest absolute Gasteiger partial charge is 0.261 e. The van der Waals surface area contributed by atoms with Gasteiger partial charge in [0.05, 0.1) is 17.2 Å². The summed E-state index contributed by atoms with van der Waals surface area (Å²) >= 11 is 0. The molecule has 0 saturated heterocycles. The summed E-state index contributed by atoms with van der Waals surface area (Å²) < 4.78 is 1.37. The number of rotatable bonds is 4. The van der Waals surface area contributed by atoms with Gasteiger partial charge in [-0.3, -0.25) is 14.2 Å². The fourth-order valence-electron chi connectivity index (χ4n) is 2.77. The molecule has 0 aliphatic rings. The van der Waals surface area contributed by atoms with Crippen molar-refractivity contribution < 1.29 is 4.79 Å². The van der Waals surface area contributed by atoms with E-state index in [1.807, 2.05) is 50.2 Å². The van der Waals surface area contributed by atoms with E-state index in [9.17, 15) is 9.59 Å². The van der Waals surface area contributed by atoms with Crippen LogP contribution in [0, 0.1) is 13.8 Å². The highest BCUT2D eigenvalue weighted by Gasteiger charge is 2.13. The van der Waals surface area contributed by atoms with E-state index in [2.05, 4.69) is 4.98 Å². The van der Waals surface area contributed by atoms with Gasteiger partial charge in [0.25, 0.3) is 5.56 Å². The number of hydrogen-bond acceptors (Lipinski definition) is 3. The first-order valence-electron chi connectivity index (χ1n) is 8.20. The predicted molar refractivity (Wildman–Crippen MR) is 98.4 cm³/mol. The Balaban J connectivity index is 1.78. The summed E-state index contributed by atoms with van der Waals surface area (Å²) in [6.45, 7) is 4.44. The lowest BCUT2D eigenvalue weighted by molar-refractivity contribution is -0.131. The van der Waals surface area contributed by atoms with Crippen molar-refractivity contribution in [3.05, 3.63) is 75.8 Å². The topological polar surface area (TPSA) is 55.2 Å². The minimum atomic E-state index is -0.189. The number of aromatic nitrogens is 2. The van der Waals surface area contributed by atoms with Gasteiger partial charge in [0, 0.05) is 13.6 Å². The van der Waals surface area contributed by atoms with E-state index >= 15 is 0 Å². The SMILES string of the molecule is Cc1ccc(CN(C)C(=O)Cn2cnc3c(C)cccc3c2=O)cc1. The molecule has 3 aromatic rings. The minimum Gasteiger partial charge on any atom is -0.340 e. The molecule has 5 nitrogen and oxygen atoms in total. The molecule has 1 amide bonds. The summed E-state index contributed by atoms with van der Waals surface area (Å²) in [5.74, 6) is -0.128. The molecule has 5 heteroatoms. The first-order valence-corrected chi connectivity index (χ1v) is 8.20. The molecule has 0 unspecified atom stereocenters. The van der Waals surface area contributed by atoms with Crippen LogP contribution in [0.4, 0.5) is 0 Å². The van der Waals surface area contributed by atoms with E-state index in [-0.39, 0.29) is 18.0 Å². The average molecular weight is 335 g/mol. The van der Waals surface area contributed by atoms with E-state index in [1.165, 1.54) is 16.5 Å². The Kier molecular flexibility index (Phi) is 4.65. The molecule has 0 radical (unpaired) electrons. The van der Waals surface area contributed by atoms with Crippen LogP contribution in [0.15, 0.2) is 53.6 Å². The predicted octanol–water partition coefficient (Wildman–Crippen LogP) is 2.67. The Hall–Kier alpha value is -2.95. The molecular weight excluding hydrogens is 314 g/mol. The molecule has 2 aromatic carbocycles. The molecule has 25 heavy (non-hydrogen) atoms. The Morgan fingerprint density at radius 2 is 1.84 bits per heavy atom. The molecule has 128 valence electrons. The quantitative estimate of drug-likeness (QED) is 0.736. The van der Waals surface area contributed by atoms with Gasteiger partial charge in [0.2, 0.25) is 5.91 Å². The maximum Gasteiger partial charge on any atom is 0.261 e. The molecule has 1 heterocycles. The highest BCUT2D eigenvalue weighted by Crippen LogP contribution is 2.11. The molecule has 0 saturated carbocycles. The number of fused-ring (bicyclic) bond motifs is 1. The summed E-state index contributed by atoms with van der Waals surface area (Å²) in [6.07, 6.45) is 1.45. The van der Waals surface area contributed by atoms with Crippen molar-refractivity contribution in [2.45, 2.75) is 26.9 Å². The Morgan fingerprint density at radius 3 is 2.56 bits per heavy atom.